The van der Waals surface area contributed by atoms with E-state index in [0.717, 1.165) is 6.42 Å². The molecule has 1 aliphatic carbocycles. The Hall–Kier alpha value is -2.39. The van der Waals surface area contributed by atoms with Crippen LogP contribution < -0.4 is 5.73 Å². The van der Waals surface area contributed by atoms with E-state index in [0.29, 0.717) is 69.3 Å². The molecule has 1 amide bonds. The van der Waals surface area contributed by atoms with Crippen LogP contribution in [0.2, 0.25) is 0 Å². The number of nitrogens with zero attached hydrogens (tertiary/aromatic N) is 1. The van der Waals surface area contributed by atoms with Crippen molar-refractivity contribution in [1.29, 1.82) is 0 Å². The summed E-state index contributed by atoms with van der Waals surface area (Å²) in [5.41, 5.74) is 5.47. The van der Waals surface area contributed by atoms with Crippen LogP contribution in [0.3, 0.4) is 0 Å². The number of methoxy groups -OCH3 is 1. The van der Waals surface area contributed by atoms with Gasteiger partial charge in [-0.25, -0.2) is 8.78 Å². The fourth-order valence-electron chi connectivity index (χ4n) is 6.10. The van der Waals surface area contributed by atoms with E-state index in [2.05, 4.69) is 0 Å². The van der Waals surface area contributed by atoms with Crippen LogP contribution in [0.15, 0.2) is 42.5 Å². The summed E-state index contributed by atoms with van der Waals surface area (Å²) in [6.07, 6.45) is 3.16. The van der Waals surface area contributed by atoms with Gasteiger partial charge in [0.15, 0.2) is 0 Å². The summed E-state index contributed by atoms with van der Waals surface area (Å²) in [6.45, 7) is 1.42. The standard InChI is InChI=1S/C29H38F2N2O4/c1-37-14-3-2-12-29(36,23-10-5-11-24(31)27(23)19-7-4-9-22(30)15-19)21-8-6-13-33(18-21)28(35)20-16-25(32)26(34)17-20/h4-5,7,9-11,15,20-21,25-26,34,36H,2-3,6,8,12-14,16-18,32H2,1H3/t20-,21+,25+,26-,29-/m0/s1. The van der Waals surface area contributed by atoms with Crippen LogP contribution in [0, 0.1) is 23.5 Å². The average molecular weight is 517 g/mol. The van der Waals surface area contributed by atoms with Crippen LogP contribution in [0.5, 0.6) is 0 Å². The smallest absolute Gasteiger partial charge is 0.225 e. The molecule has 2 aliphatic rings. The number of amides is 1. The second-order valence-corrected chi connectivity index (χ2v) is 10.6. The molecule has 2 fully saturated rings. The van der Waals surface area contributed by atoms with Crippen molar-refractivity contribution in [3.05, 3.63) is 59.7 Å². The van der Waals surface area contributed by atoms with Crippen molar-refractivity contribution in [3.8, 4) is 11.1 Å². The van der Waals surface area contributed by atoms with Crippen LogP contribution in [-0.4, -0.2) is 60.0 Å². The largest absolute Gasteiger partial charge is 0.391 e. The molecule has 0 bridgehead atoms. The van der Waals surface area contributed by atoms with E-state index in [4.69, 9.17) is 10.5 Å². The van der Waals surface area contributed by atoms with Crippen LogP contribution >= 0.6 is 0 Å². The molecule has 37 heavy (non-hydrogen) atoms. The minimum absolute atomic E-state index is 0.0528. The van der Waals surface area contributed by atoms with Gasteiger partial charge in [-0.2, -0.15) is 0 Å². The van der Waals surface area contributed by atoms with Crippen molar-refractivity contribution in [1.82, 2.24) is 4.90 Å². The zero-order valence-corrected chi connectivity index (χ0v) is 21.4. The molecule has 202 valence electrons. The van der Waals surface area contributed by atoms with Crippen LogP contribution in [-0.2, 0) is 15.1 Å². The lowest BCUT2D eigenvalue weighted by Gasteiger charge is -2.44. The van der Waals surface area contributed by atoms with Crippen molar-refractivity contribution < 1.29 is 28.5 Å². The Bertz CT molecular complexity index is 1070. The van der Waals surface area contributed by atoms with Crippen molar-refractivity contribution in [2.24, 2.45) is 17.6 Å². The molecule has 8 heteroatoms. The zero-order valence-electron chi connectivity index (χ0n) is 21.4. The summed E-state index contributed by atoms with van der Waals surface area (Å²) in [4.78, 5) is 15.1. The Kier molecular flexibility index (Phi) is 8.95. The number of aliphatic hydroxyl groups excluding tert-OH is 1. The number of piperidine rings is 1. The molecule has 4 N–H and O–H groups in total. The van der Waals surface area contributed by atoms with Crippen LogP contribution in [0.25, 0.3) is 11.1 Å². The Morgan fingerprint density at radius 3 is 2.68 bits per heavy atom. The van der Waals surface area contributed by atoms with E-state index in [1.54, 1.807) is 30.2 Å². The normalized spacial score (nSPS) is 25.7. The number of ether oxygens (including phenoxy) is 1. The second kappa shape index (κ2) is 12.0. The van der Waals surface area contributed by atoms with Gasteiger partial charge in [-0.3, -0.25) is 4.79 Å². The van der Waals surface area contributed by atoms with Crippen molar-refractivity contribution in [2.45, 2.75) is 62.7 Å². The van der Waals surface area contributed by atoms with Gasteiger partial charge in [-0.05, 0) is 74.3 Å². The third-order valence-electron chi connectivity index (χ3n) is 8.08. The number of rotatable bonds is 9. The van der Waals surface area contributed by atoms with Crippen molar-refractivity contribution in [2.75, 3.05) is 26.8 Å². The molecule has 1 aliphatic heterocycles. The number of halogens is 2. The van der Waals surface area contributed by atoms with E-state index in [1.807, 2.05) is 0 Å². The number of aliphatic hydroxyl groups is 2. The molecular weight excluding hydrogens is 478 g/mol. The lowest BCUT2D eigenvalue weighted by Crippen LogP contribution is -2.49. The molecule has 0 unspecified atom stereocenters. The van der Waals surface area contributed by atoms with Gasteiger partial charge in [0, 0.05) is 50.2 Å². The van der Waals surface area contributed by atoms with Gasteiger partial charge in [-0.1, -0.05) is 24.3 Å². The first-order valence-electron chi connectivity index (χ1n) is 13.2. The molecule has 1 heterocycles. The number of unbranched alkanes of at least 4 members (excludes halogenated alkanes) is 1. The van der Waals surface area contributed by atoms with Gasteiger partial charge >= 0.3 is 0 Å². The first kappa shape index (κ1) is 27.6. The number of hydrogen-bond acceptors (Lipinski definition) is 5. The molecule has 2 aromatic carbocycles. The first-order chi connectivity index (χ1) is 17.7. The third-order valence-corrected chi connectivity index (χ3v) is 8.08. The molecule has 0 radical (unpaired) electrons. The number of carbonyl (C=O) groups is 1. The van der Waals surface area contributed by atoms with Gasteiger partial charge in [-0.15, -0.1) is 0 Å². The number of hydrogen-bond donors (Lipinski definition) is 3. The topological polar surface area (TPSA) is 96.0 Å². The summed E-state index contributed by atoms with van der Waals surface area (Å²) >= 11 is 0. The summed E-state index contributed by atoms with van der Waals surface area (Å²) in [7, 11) is 1.62. The number of benzene rings is 2. The fraction of sp³-hybridized carbons (Fsp3) is 0.552. The van der Waals surface area contributed by atoms with Crippen LogP contribution in [0.1, 0.15) is 50.5 Å². The Morgan fingerprint density at radius 1 is 1.19 bits per heavy atom. The Balaban J connectivity index is 1.68. The maximum atomic E-state index is 15.3. The third kappa shape index (κ3) is 6.03. The minimum atomic E-state index is -1.44. The molecule has 5 atom stereocenters. The summed E-state index contributed by atoms with van der Waals surface area (Å²) < 4.78 is 34.7. The lowest BCUT2D eigenvalue weighted by molar-refractivity contribution is -0.141. The Labute approximate surface area is 217 Å². The highest BCUT2D eigenvalue weighted by Crippen LogP contribution is 2.45. The first-order valence-corrected chi connectivity index (χ1v) is 13.2. The van der Waals surface area contributed by atoms with E-state index >= 15 is 4.39 Å². The van der Waals surface area contributed by atoms with E-state index < -0.39 is 29.4 Å². The predicted molar refractivity (Wildman–Crippen MR) is 137 cm³/mol. The molecule has 0 aromatic heterocycles. The van der Waals surface area contributed by atoms with Gasteiger partial charge in [0.1, 0.15) is 11.6 Å². The highest BCUT2D eigenvalue weighted by molar-refractivity contribution is 5.79. The maximum absolute atomic E-state index is 15.3. The van der Waals surface area contributed by atoms with Gasteiger partial charge < -0.3 is 25.6 Å². The molecule has 1 saturated heterocycles. The molecule has 1 saturated carbocycles. The number of nitrogens with two attached hydrogens (primary N) is 1. The summed E-state index contributed by atoms with van der Waals surface area (Å²) in [5.74, 6) is -1.75. The second-order valence-electron chi connectivity index (χ2n) is 10.6. The monoisotopic (exact) mass is 516 g/mol. The predicted octanol–water partition coefficient (Wildman–Crippen LogP) is 3.97. The fourth-order valence-corrected chi connectivity index (χ4v) is 6.10. The van der Waals surface area contributed by atoms with Gasteiger partial charge in [0.25, 0.3) is 0 Å². The maximum Gasteiger partial charge on any atom is 0.225 e. The lowest BCUT2D eigenvalue weighted by atomic mass is 9.72. The number of likely N-dealkylation sites (tertiary alicyclic amines) is 1. The minimum Gasteiger partial charge on any atom is -0.391 e. The number of carbonyl (C=O) groups excluding carboxylic acids is 1. The van der Waals surface area contributed by atoms with E-state index in [9.17, 15) is 19.4 Å². The average Bonchev–Trinajstić information content (AvgIpc) is 3.23. The van der Waals surface area contributed by atoms with Crippen LogP contribution in [0.4, 0.5) is 8.78 Å². The zero-order chi connectivity index (χ0) is 26.6. The summed E-state index contributed by atoms with van der Waals surface area (Å²) in [6, 6.07) is 9.94. The molecule has 6 nitrogen and oxygen atoms in total. The Morgan fingerprint density at radius 2 is 1.97 bits per heavy atom. The van der Waals surface area contributed by atoms with E-state index in [-0.39, 0.29) is 23.3 Å². The van der Waals surface area contributed by atoms with Crippen molar-refractivity contribution >= 4 is 5.91 Å². The molecule has 4 rings (SSSR count). The van der Waals surface area contributed by atoms with Crippen molar-refractivity contribution in [3.63, 3.8) is 0 Å². The van der Waals surface area contributed by atoms with Gasteiger partial charge in [0.05, 0.1) is 11.7 Å². The molecule has 0 spiro atoms. The van der Waals surface area contributed by atoms with E-state index in [1.165, 1.54) is 24.3 Å². The highest BCUT2D eigenvalue weighted by atomic mass is 19.1. The highest BCUT2D eigenvalue weighted by Gasteiger charge is 2.44. The SMILES string of the molecule is COCCCC[C@@](O)(c1cccc(F)c1-c1cccc(F)c1)[C@@H]1CCCN(C(=O)[C@H]2C[C@@H](N)[C@@H](O)C2)C1. The quantitative estimate of drug-likeness (QED) is 0.439. The summed E-state index contributed by atoms with van der Waals surface area (Å²) in [5, 5.41) is 22.5. The molecule has 2 aromatic rings. The van der Waals surface area contributed by atoms with Gasteiger partial charge in [0.2, 0.25) is 5.91 Å². The molecular formula is C29H38F2N2O4.